The number of hydrogen-bond acceptors (Lipinski definition) is 3. The quantitative estimate of drug-likeness (QED) is 0.614. The Morgan fingerprint density at radius 1 is 1.31 bits per heavy atom. The summed E-state index contributed by atoms with van der Waals surface area (Å²) in [6.45, 7) is 4.52. The van der Waals surface area contributed by atoms with Crippen molar-refractivity contribution >= 4 is 5.97 Å². The van der Waals surface area contributed by atoms with E-state index < -0.39 is 0 Å². The van der Waals surface area contributed by atoms with E-state index in [1.165, 1.54) is 5.56 Å². The molecule has 0 spiro atoms. The lowest BCUT2D eigenvalue weighted by atomic mass is 10.0. The summed E-state index contributed by atoms with van der Waals surface area (Å²) >= 11 is 0. The molecule has 3 nitrogen and oxygen atoms in total. The number of ether oxygens (including phenoxy) is 1. The van der Waals surface area contributed by atoms with Crippen molar-refractivity contribution in [1.29, 1.82) is 0 Å². The minimum absolute atomic E-state index is 0.0412. The topological polar surface area (TPSA) is 46.5 Å². The highest BCUT2D eigenvalue weighted by Gasteiger charge is 2.07. The maximum atomic E-state index is 11.5. The number of hydrogen-bond donors (Lipinski definition) is 1. The summed E-state index contributed by atoms with van der Waals surface area (Å²) < 4.78 is 4.97. The van der Waals surface area contributed by atoms with Gasteiger partial charge in [0.25, 0.3) is 0 Å². The Kier molecular flexibility index (Phi) is 4.99. The molecule has 1 rings (SSSR count). The highest BCUT2D eigenvalue weighted by Crippen LogP contribution is 2.15. The van der Waals surface area contributed by atoms with Crippen LogP contribution in [0, 0.1) is 0 Å². The second-order valence-corrected chi connectivity index (χ2v) is 3.99. The van der Waals surface area contributed by atoms with Gasteiger partial charge in [-0.15, -0.1) is 0 Å². The highest BCUT2D eigenvalue weighted by atomic mass is 16.5. The first kappa shape index (κ1) is 12.7. The Morgan fingerprint density at radius 2 is 1.94 bits per heavy atom. The van der Waals surface area contributed by atoms with E-state index in [-0.39, 0.29) is 19.2 Å². The summed E-state index contributed by atoms with van der Waals surface area (Å²) in [5.41, 5.74) is 1.76. The number of esters is 1. The molecule has 0 aliphatic carbocycles. The Morgan fingerprint density at radius 3 is 2.44 bits per heavy atom. The van der Waals surface area contributed by atoms with Crippen molar-refractivity contribution in [2.45, 2.75) is 26.2 Å². The van der Waals surface area contributed by atoms with Gasteiger partial charge < -0.3 is 9.84 Å². The molecule has 0 saturated carbocycles. The minimum Gasteiger partial charge on any atom is -0.462 e. The second-order valence-electron chi connectivity index (χ2n) is 3.99. The third-order valence-electron chi connectivity index (χ3n) is 2.35. The molecule has 0 atom stereocenters. The fourth-order valence-corrected chi connectivity index (χ4v) is 1.32. The summed E-state index contributed by atoms with van der Waals surface area (Å²) in [6.07, 6.45) is 0.482. The molecule has 1 N–H and O–H groups in total. The monoisotopic (exact) mass is 222 g/mol. The smallest absolute Gasteiger partial charge is 0.338 e. The lowest BCUT2D eigenvalue weighted by Gasteiger charge is -2.07. The first-order valence-corrected chi connectivity index (χ1v) is 5.53. The second kappa shape index (κ2) is 6.28. The van der Waals surface area contributed by atoms with Crippen LogP contribution >= 0.6 is 0 Å². The summed E-state index contributed by atoms with van der Waals surface area (Å²) in [7, 11) is 0. The fraction of sp³-hybridized carbons (Fsp3) is 0.462. The molecular weight excluding hydrogens is 204 g/mol. The van der Waals surface area contributed by atoms with Crippen LogP contribution in [0.15, 0.2) is 24.3 Å². The average Bonchev–Trinajstić information content (AvgIpc) is 2.29. The van der Waals surface area contributed by atoms with Gasteiger partial charge in [-0.1, -0.05) is 26.0 Å². The van der Waals surface area contributed by atoms with Crippen molar-refractivity contribution in [1.82, 2.24) is 0 Å². The van der Waals surface area contributed by atoms with Crippen LogP contribution in [0.2, 0.25) is 0 Å². The van der Waals surface area contributed by atoms with Gasteiger partial charge in [0.1, 0.15) is 0 Å². The van der Waals surface area contributed by atoms with Crippen LogP contribution in [0.3, 0.4) is 0 Å². The molecule has 0 radical (unpaired) electrons. The number of aliphatic hydroxyl groups is 1. The summed E-state index contributed by atoms with van der Waals surface area (Å²) in [4.78, 5) is 11.5. The minimum atomic E-state index is -0.330. The predicted octanol–water partition coefficient (Wildman–Crippen LogP) is 2.35. The molecule has 0 aliphatic rings. The lowest BCUT2D eigenvalue weighted by Crippen LogP contribution is -2.07. The van der Waals surface area contributed by atoms with E-state index in [1.807, 2.05) is 12.1 Å². The number of rotatable bonds is 5. The van der Waals surface area contributed by atoms with Gasteiger partial charge in [-0.3, -0.25) is 0 Å². The summed E-state index contributed by atoms with van der Waals surface area (Å²) in [5, 5.41) is 8.56. The van der Waals surface area contributed by atoms with Gasteiger partial charge in [0.15, 0.2) is 0 Å². The first-order chi connectivity index (χ1) is 7.65. The molecule has 0 heterocycles. The van der Waals surface area contributed by atoms with Gasteiger partial charge in [-0.2, -0.15) is 0 Å². The summed E-state index contributed by atoms with van der Waals surface area (Å²) in [6, 6.07) is 7.42. The predicted molar refractivity (Wildman–Crippen MR) is 62.5 cm³/mol. The van der Waals surface area contributed by atoms with Crippen LogP contribution in [0.25, 0.3) is 0 Å². The van der Waals surface area contributed by atoms with Gasteiger partial charge in [0.2, 0.25) is 0 Å². The maximum absolute atomic E-state index is 11.5. The van der Waals surface area contributed by atoms with Crippen LogP contribution in [-0.2, 0) is 4.74 Å². The van der Waals surface area contributed by atoms with Crippen molar-refractivity contribution in [3.8, 4) is 0 Å². The molecule has 3 heteroatoms. The molecule has 0 aliphatic heterocycles. The van der Waals surface area contributed by atoms with Crippen LogP contribution in [0.4, 0.5) is 0 Å². The van der Waals surface area contributed by atoms with Crippen molar-refractivity contribution in [2.24, 2.45) is 0 Å². The fourth-order valence-electron chi connectivity index (χ4n) is 1.32. The van der Waals surface area contributed by atoms with Crippen LogP contribution in [0.5, 0.6) is 0 Å². The van der Waals surface area contributed by atoms with Crippen molar-refractivity contribution in [2.75, 3.05) is 13.2 Å². The third-order valence-corrected chi connectivity index (χ3v) is 2.35. The molecule has 0 unspecified atom stereocenters. The molecule has 0 fully saturated rings. The lowest BCUT2D eigenvalue weighted by molar-refractivity contribution is 0.0482. The average molecular weight is 222 g/mol. The van der Waals surface area contributed by atoms with E-state index in [9.17, 15) is 4.79 Å². The molecule has 16 heavy (non-hydrogen) atoms. The van der Waals surface area contributed by atoms with Gasteiger partial charge in [-0.25, -0.2) is 4.79 Å². The molecule has 1 aromatic carbocycles. The van der Waals surface area contributed by atoms with Gasteiger partial charge in [0, 0.05) is 13.0 Å². The van der Waals surface area contributed by atoms with E-state index in [0.717, 1.165) is 0 Å². The Balaban J connectivity index is 2.56. The zero-order valence-electron chi connectivity index (χ0n) is 9.77. The van der Waals surface area contributed by atoms with E-state index >= 15 is 0 Å². The normalized spacial score (nSPS) is 10.5. The number of carbonyl (C=O) groups is 1. The van der Waals surface area contributed by atoms with E-state index in [4.69, 9.17) is 9.84 Å². The van der Waals surface area contributed by atoms with Gasteiger partial charge in [-0.05, 0) is 23.6 Å². The molecule has 0 saturated heterocycles. The zero-order valence-corrected chi connectivity index (χ0v) is 9.77. The maximum Gasteiger partial charge on any atom is 0.338 e. The molecule has 0 amide bonds. The largest absolute Gasteiger partial charge is 0.462 e. The van der Waals surface area contributed by atoms with Crippen LogP contribution in [0.1, 0.15) is 42.1 Å². The molecule has 0 aromatic heterocycles. The number of benzene rings is 1. The first-order valence-electron chi connectivity index (χ1n) is 5.53. The number of aliphatic hydroxyl groups excluding tert-OH is 1. The Hall–Kier alpha value is -1.35. The molecule has 1 aromatic rings. The Bertz CT molecular complexity index is 328. The SMILES string of the molecule is CC(C)c1ccc(C(=O)OCCCO)cc1. The molecular formula is C13H18O3. The van der Waals surface area contributed by atoms with E-state index in [2.05, 4.69) is 13.8 Å². The van der Waals surface area contributed by atoms with Crippen LogP contribution < -0.4 is 0 Å². The van der Waals surface area contributed by atoms with Crippen molar-refractivity contribution < 1.29 is 14.6 Å². The van der Waals surface area contributed by atoms with Crippen molar-refractivity contribution in [3.05, 3.63) is 35.4 Å². The zero-order chi connectivity index (χ0) is 12.0. The molecule has 88 valence electrons. The van der Waals surface area contributed by atoms with Crippen molar-refractivity contribution in [3.63, 3.8) is 0 Å². The van der Waals surface area contributed by atoms with E-state index in [0.29, 0.717) is 17.9 Å². The van der Waals surface area contributed by atoms with Crippen LogP contribution in [-0.4, -0.2) is 24.3 Å². The standard InChI is InChI=1S/C13H18O3/c1-10(2)11-4-6-12(7-5-11)13(15)16-9-3-8-14/h4-7,10,14H,3,8-9H2,1-2H3. The van der Waals surface area contributed by atoms with Gasteiger partial charge >= 0.3 is 5.97 Å². The highest BCUT2D eigenvalue weighted by molar-refractivity contribution is 5.89. The van der Waals surface area contributed by atoms with Gasteiger partial charge in [0.05, 0.1) is 12.2 Å². The third kappa shape index (κ3) is 3.66. The number of carbonyl (C=O) groups excluding carboxylic acids is 1. The summed E-state index contributed by atoms with van der Waals surface area (Å²) in [5.74, 6) is 0.128. The molecule has 0 bridgehead atoms. The van der Waals surface area contributed by atoms with E-state index in [1.54, 1.807) is 12.1 Å². The Labute approximate surface area is 96.1 Å².